The zero-order chi connectivity index (χ0) is 18.3. The first kappa shape index (κ1) is 16.5. The van der Waals surface area contributed by atoms with Crippen molar-refractivity contribution in [3.63, 3.8) is 0 Å². The summed E-state index contributed by atoms with van der Waals surface area (Å²) in [6.45, 7) is 0. The molecule has 4 aromatic rings. The van der Waals surface area contributed by atoms with Crippen molar-refractivity contribution in [1.29, 1.82) is 0 Å². The molecule has 0 atom stereocenters. The molecule has 4 nitrogen and oxygen atoms in total. The Labute approximate surface area is 150 Å². The molecule has 130 valence electrons. The zero-order valence-electron chi connectivity index (χ0n) is 13.0. The van der Waals surface area contributed by atoms with E-state index < -0.39 is 12.1 Å². The quantitative estimate of drug-likeness (QED) is 0.456. The summed E-state index contributed by atoms with van der Waals surface area (Å²) in [5, 5.41) is 4.77. The Hall–Kier alpha value is -2.93. The standard InChI is InChI=1S/C18H9ClF3N3O/c19-14-4-1-10(2-5-14)11-3-6-15-12(7-11)8-13(9-23-15)16-24-17(26-25-16)18(20,21)22/h1-9H. The van der Waals surface area contributed by atoms with Crippen LogP contribution in [0.15, 0.2) is 59.3 Å². The average Bonchev–Trinajstić information content (AvgIpc) is 3.12. The lowest BCUT2D eigenvalue weighted by Gasteiger charge is -2.05. The molecule has 0 fully saturated rings. The van der Waals surface area contributed by atoms with Gasteiger partial charge in [0.05, 0.1) is 5.52 Å². The lowest BCUT2D eigenvalue weighted by Crippen LogP contribution is -2.04. The fraction of sp³-hybridized carbons (Fsp3) is 0.0556. The van der Waals surface area contributed by atoms with Gasteiger partial charge < -0.3 is 4.52 Å². The predicted molar refractivity (Wildman–Crippen MR) is 90.5 cm³/mol. The zero-order valence-corrected chi connectivity index (χ0v) is 13.7. The number of rotatable bonds is 2. The molecule has 2 aromatic heterocycles. The van der Waals surface area contributed by atoms with Crippen molar-refractivity contribution in [3.05, 3.63) is 65.6 Å². The maximum absolute atomic E-state index is 12.6. The fourth-order valence-corrected chi connectivity index (χ4v) is 2.66. The summed E-state index contributed by atoms with van der Waals surface area (Å²) in [5.74, 6) is -1.55. The SMILES string of the molecule is FC(F)(F)c1nc(-c2cnc3ccc(-c4ccc(Cl)cc4)cc3c2)no1. The lowest BCUT2D eigenvalue weighted by atomic mass is 10.0. The second-order valence-electron chi connectivity index (χ2n) is 5.56. The van der Waals surface area contributed by atoms with Gasteiger partial charge in [0.15, 0.2) is 0 Å². The van der Waals surface area contributed by atoms with Crippen molar-refractivity contribution in [3.8, 4) is 22.5 Å². The summed E-state index contributed by atoms with van der Waals surface area (Å²) in [6.07, 6.45) is -3.27. The number of fused-ring (bicyclic) bond motifs is 1. The van der Waals surface area contributed by atoms with Gasteiger partial charge in [-0.3, -0.25) is 4.98 Å². The van der Waals surface area contributed by atoms with Gasteiger partial charge in [0, 0.05) is 22.2 Å². The molecule has 0 saturated heterocycles. The van der Waals surface area contributed by atoms with Crippen molar-refractivity contribution in [2.75, 3.05) is 0 Å². The van der Waals surface area contributed by atoms with Gasteiger partial charge in [-0.05, 0) is 41.5 Å². The molecule has 2 aromatic carbocycles. The summed E-state index contributed by atoms with van der Waals surface area (Å²) >= 11 is 5.90. The van der Waals surface area contributed by atoms with E-state index in [2.05, 4.69) is 19.6 Å². The summed E-state index contributed by atoms with van der Waals surface area (Å²) < 4.78 is 42.1. The minimum atomic E-state index is -4.68. The van der Waals surface area contributed by atoms with E-state index in [4.69, 9.17) is 11.6 Å². The van der Waals surface area contributed by atoms with Crippen LogP contribution in [0, 0.1) is 0 Å². The summed E-state index contributed by atoms with van der Waals surface area (Å²) in [7, 11) is 0. The van der Waals surface area contributed by atoms with Gasteiger partial charge in [-0.25, -0.2) is 0 Å². The Morgan fingerprint density at radius 2 is 1.58 bits per heavy atom. The maximum Gasteiger partial charge on any atom is 0.471 e. The van der Waals surface area contributed by atoms with Crippen LogP contribution in [-0.2, 0) is 6.18 Å². The third kappa shape index (κ3) is 3.13. The van der Waals surface area contributed by atoms with Crippen LogP contribution in [0.4, 0.5) is 13.2 Å². The number of pyridine rings is 1. The molecule has 0 radical (unpaired) electrons. The summed E-state index contributed by atoms with van der Waals surface area (Å²) in [5.41, 5.74) is 2.92. The van der Waals surface area contributed by atoms with Crippen LogP contribution in [0.5, 0.6) is 0 Å². The number of nitrogens with zero attached hydrogens (tertiary/aromatic N) is 3. The minimum absolute atomic E-state index is 0.163. The molecule has 2 heterocycles. The van der Waals surface area contributed by atoms with E-state index in [9.17, 15) is 13.2 Å². The molecule has 0 amide bonds. The van der Waals surface area contributed by atoms with Gasteiger partial charge in [-0.15, -0.1) is 0 Å². The molecule has 0 aliphatic heterocycles. The van der Waals surface area contributed by atoms with Crippen molar-refractivity contribution < 1.29 is 17.7 Å². The van der Waals surface area contributed by atoms with E-state index in [1.165, 1.54) is 6.20 Å². The van der Waals surface area contributed by atoms with Crippen LogP contribution >= 0.6 is 11.6 Å². The first-order valence-corrected chi connectivity index (χ1v) is 7.85. The molecular weight excluding hydrogens is 367 g/mol. The van der Waals surface area contributed by atoms with E-state index in [-0.39, 0.29) is 5.82 Å². The molecule has 0 N–H and O–H groups in total. The fourth-order valence-electron chi connectivity index (χ4n) is 2.53. The van der Waals surface area contributed by atoms with Crippen molar-refractivity contribution >= 4 is 22.5 Å². The van der Waals surface area contributed by atoms with Crippen molar-refractivity contribution in [1.82, 2.24) is 15.1 Å². The van der Waals surface area contributed by atoms with Crippen molar-refractivity contribution in [2.45, 2.75) is 6.18 Å². The van der Waals surface area contributed by atoms with Gasteiger partial charge >= 0.3 is 12.1 Å². The number of hydrogen-bond acceptors (Lipinski definition) is 4. The second kappa shape index (κ2) is 6.10. The highest BCUT2D eigenvalue weighted by Crippen LogP contribution is 2.31. The number of halogens is 4. The average molecular weight is 376 g/mol. The Balaban J connectivity index is 1.76. The first-order chi connectivity index (χ1) is 12.4. The molecule has 0 bridgehead atoms. The smallest absolute Gasteiger partial charge is 0.329 e. The highest BCUT2D eigenvalue weighted by molar-refractivity contribution is 6.30. The molecule has 0 spiro atoms. The number of benzene rings is 2. The van der Waals surface area contributed by atoms with Crippen LogP contribution in [0.3, 0.4) is 0 Å². The normalized spacial score (nSPS) is 11.8. The monoisotopic (exact) mass is 375 g/mol. The maximum atomic E-state index is 12.6. The van der Waals surface area contributed by atoms with Gasteiger partial charge in [0.25, 0.3) is 0 Å². The molecule has 0 saturated carbocycles. The van der Waals surface area contributed by atoms with Crippen LogP contribution in [0.25, 0.3) is 33.4 Å². The third-order valence-corrected chi connectivity index (χ3v) is 4.04. The van der Waals surface area contributed by atoms with E-state index in [0.717, 1.165) is 16.5 Å². The van der Waals surface area contributed by atoms with Gasteiger partial charge in [-0.1, -0.05) is 35.0 Å². The van der Waals surface area contributed by atoms with E-state index in [0.29, 0.717) is 16.1 Å². The Morgan fingerprint density at radius 1 is 0.885 bits per heavy atom. The van der Waals surface area contributed by atoms with E-state index in [1.807, 2.05) is 30.3 Å². The van der Waals surface area contributed by atoms with Gasteiger partial charge in [-0.2, -0.15) is 18.2 Å². The predicted octanol–water partition coefficient (Wildman–Crippen LogP) is 5.62. The van der Waals surface area contributed by atoms with Crippen LogP contribution < -0.4 is 0 Å². The Morgan fingerprint density at radius 3 is 2.27 bits per heavy atom. The Bertz CT molecular complexity index is 1090. The highest BCUT2D eigenvalue weighted by atomic mass is 35.5. The molecule has 0 aliphatic rings. The van der Waals surface area contributed by atoms with E-state index >= 15 is 0 Å². The summed E-state index contributed by atoms with van der Waals surface area (Å²) in [4.78, 5) is 7.65. The minimum Gasteiger partial charge on any atom is -0.329 e. The topological polar surface area (TPSA) is 51.8 Å². The molecule has 0 unspecified atom stereocenters. The number of alkyl halides is 3. The molecule has 26 heavy (non-hydrogen) atoms. The summed E-state index contributed by atoms with van der Waals surface area (Å²) in [6, 6.07) is 14.6. The number of hydrogen-bond donors (Lipinski definition) is 0. The lowest BCUT2D eigenvalue weighted by molar-refractivity contribution is -0.159. The van der Waals surface area contributed by atoms with Crippen LogP contribution in [0.2, 0.25) is 5.02 Å². The van der Waals surface area contributed by atoms with Gasteiger partial charge in [0.1, 0.15) is 0 Å². The molecule has 0 aliphatic carbocycles. The van der Waals surface area contributed by atoms with Crippen LogP contribution in [-0.4, -0.2) is 15.1 Å². The Kier molecular flexibility index (Phi) is 3.88. The van der Waals surface area contributed by atoms with Crippen molar-refractivity contribution in [2.24, 2.45) is 0 Å². The molecule has 4 rings (SSSR count). The molecular formula is C18H9ClF3N3O. The van der Waals surface area contributed by atoms with Crippen LogP contribution in [0.1, 0.15) is 5.89 Å². The largest absolute Gasteiger partial charge is 0.471 e. The number of aromatic nitrogens is 3. The highest BCUT2D eigenvalue weighted by Gasteiger charge is 2.38. The molecule has 8 heteroatoms. The third-order valence-electron chi connectivity index (χ3n) is 3.79. The van der Waals surface area contributed by atoms with Gasteiger partial charge in [0.2, 0.25) is 5.82 Å². The second-order valence-corrected chi connectivity index (χ2v) is 6.00. The van der Waals surface area contributed by atoms with E-state index in [1.54, 1.807) is 18.2 Å². The first-order valence-electron chi connectivity index (χ1n) is 7.47.